The van der Waals surface area contributed by atoms with E-state index in [4.69, 9.17) is 4.99 Å². The van der Waals surface area contributed by atoms with Crippen LogP contribution in [-0.4, -0.2) is 44.6 Å². The Morgan fingerprint density at radius 3 is 1.60 bits per heavy atom. The van der Waals surface area contributed by atoms with Gasteiger partial charge in [0, 0.05) is 11.4 Å². The average Bonchev–Trinajstić information content (AvgIpc) is 3.16. The van der Waals surface area contributed by atoms with E-state index in [0.717, 1.165) is 27.8 Å². The summed E-state index contributed by atoms with van der Waals surface area (Å²) in [5.41, 5.74) is 7.97. The SMILES string of the molecule is CC1=CC(=C(c2ccc(NC(c3c[c-]ccc3)S(=O)(=O)O)c(C)c2)c2ccc(NC(c3c[c-]ccc3)S(=O)(=O)O)c(C)c2)C=CC1=NCc1cccc(S(=O)(=O)O)c1.[Na+].[Na+]. The topological polar surface area (TPSA) is 200 Å². The predicted octanol–water partition coefficient (Wildman–Crippen LogP) is 2.11. The van der Waals surface area contributed by atoms with Gasteiger partial charge in [-0.25, -0.2) is 0 Å². The van der Waals surface area contributed by atoms with Crippen LogP contribution >= 0.6 is 0 Å². The van der Waals surface area contributed by atoms with Gasteiger partial charge in [-0.1, -0.05) is 30.3 Å². The number of rotatable bonds is 13. The average molecular weight is 884 g/mol. The van der Waals surface area contributed by atoms with Gasteiger partial charge < -0.3 is 10.6 Å². The van der Waals surface area contributed by atoms with Gasteiger partial charge in [-0.05, 0) is 114 Å². The van der Waals surface area contributed by atoms with Gasteiger partial charge in [-0.3, -0.25) is 18.7 Å². The first-order valence-electron chi connectivity index (χ1n) is 17.7. The normalized spacial score (nSPS) is 14.6. The summed E-state index contributed by atoms with van der Waals surface area (Å²) in [6.07, 6.45) is 5.68. The molecular weight excluding hydrogens is 845 g/mol. The van der Waals surface area contributed by atoms with Gasteiger partial charge in [-0.2, -0.15) is 85.9 Å². The van der Waals surface area contributed by atoms with Crippen LogP contribution in [0.1, 0.15) is 56.6 Å². The van der Waals surface area contributed by atoms with Gasteiger partial charge in [0.15, 0.2) is 0 Å². The van der Waals surface area contributed by atoms with Gasteiger partial charge in [0.1, 0.15) is 10.7 Å². The Bertz CT molecular complexity index is 2700. The third kappa shape index (κ3) is 12.2. The van der Waals surface area contributed by atoms with Crippen LogP contribution in [-0.2, 0) is 36.9 Å². The van der Waals surface area contributed by atoms with Crippen molar-refractivity contribution in [2.24, 2.45) is 4.99 Å². The van der Waals surface area contributed by atoms with E-state index in [0.29, 0.717) is 44.9 Å². The van der Waals surface area contributed by atoms with Gasteiger partial charge in [0.2, 0.25) is 0 Å². The van der Waals surface area contributed by atoms with Crippen molar-refractivity contribution < 1.29 is 98.0 Å². The van der Waals surface area contributed by atoms with Crippen molar-refractivity contribution in [2.75, 3.05) is 10.6 Å². The van der Waals surface area contributed by atoms with E-state index in [1.807, 2.05) is 49.4 Å². The quantitative estimate of drug-likeness (QED) is 0.0660. The molecule has 0 bridgehead atoms. The second kappa shape index (κ2) is 20.5. The van der Waals surface area contributed by atoms with Crippen molar-refractivity contribution in [1.82, 2.24) is 0 Å². The number of benzene rings is 5. The number of nitrogens with one attached hydrogen (secondary N) is 2. The van der Waals surface area contributed by atoms with E-state index in [9.17, 15) is 38.9 Å². The fraction of sp³-hybridized carbons (Fsp3) is 0.140. The van der Waals surface area contributed by atoms with E-state index in [-0.39, 0.29) is 70.6 Å². The van der Waals surface area contributed by atoms with Gasteiger partial charge in [-0.15, -0.1) is 11.1 Å². The zero-order valence-electron chi connectivity index (χ0n) is 33.4. The molecule has 17 heteroatoms. The number of aliphatic imine (C=N–C) groups is 1. The van der Waals surface area contributed by atoms with E-state index >= 15 is 0 Å². The standard InChI is InChI=1S/C43H39N3O9S3.2Na/c1-28-23-34(17-20-38(28)44-27-31-11-10-16-37(26-31)56(47,48)49)41(35-18-21-39(29(2)24-35)45-42(57(50,51)52)32-12-6-4-7-13-32)36-19-22-40(30(3)25-36)46-43(58(53,54)55)33-14-8-5-9-15-33;;/h4-6,8,10-26,42-43,45-46H,27H2,1-3H3,(H,47,48,49)(H,50,51,52)(H,53,54,55);;/q-2;2*+1. The largest absolute Gasteiger partial charge is 1.00 e. The molecule has 5 aromatic rings. The third-order valence-corrected chi connectivity index (χ3v) is 12.2. The molecule has 2 unspecified atom stereocenters. The molecule has 0 aromatic heterocycles. The Kier molecular flexibility index (Phi) is 16.7. The second-order valence-corrected chi connectivity index (χ2v) is 18.1. The summed E-state index contributed by atoms with van der Waals surface area (Å²) >= 11 is 0. The molecule has 6 rings (SSSR count). The van der Waals surface area contributed by atoms with Crippen molar-refractivity contribution in [2.45, 2.75) is 43.0 Å². The molecule has 300 valence electrons. The van der Waals surface area contributed by atoms with Crippen LogP contribution in [0.5, 0.6) is 0 Å². The van der Waals surface area contributed by atoms with Crippen LogP contribution in [0.2, 0.25) is 0 Å². The van der Waals surface area contributed by atoms with Crippen molar-refractivity contribution in [3.8, 4) is 0 Å². The molecule has 0 saturated heterocycles. The molecule has 60 heavy (non-hydrogen) atoms. The van der Waals surface area contributed by atoms with E-state index in [1.165, 1.54) is 30.3 Å². The number of anilines is 2. The van der Waals surface area contributed by atoms with Crippen LogP contribution in [0.15, 0.2) is 148 Å². The molecule has 0 fully saturated rings. The molecule has 12 nitrogen and oxygen atoms in total. The van der Waals surface area contributed by atoms with Gasteiger partial charge in [0.25, 0.3) is 30.4 Å². The molecule has 0 saturated carbocycles. The fourth-order valence-electron chi connectivity index (χ4n) is 6.51. The number of nitrogens with zero attached hydrogens (tertiary/aromatic N) is 1. The van der Waals surface area contributed by atoms with Crippen molar-refractivity contribution in [3.05, 3.63) is 190 Å². The maximum Gasteiger partial charge on any atom is 1.00 e. The Balaban J connectivity index is 0.00000397. The predicted molar refractivity (Wildman–Crippen MR) is 225 cm³/mol. The zero-order valence-corrected chi connectivity index (χ0v) is 39.9. The second-order valence-electron chi connectivity index (χ2n) is 13.6. The summed E-state index contributed by atoms with van der Waals surface area (Å²) < 4.78 is 103. The summed E-state index contributed by atoms with van der Waals surface area (Å²) in [5, 5.41) is 3.02. The number of allylic oxidation sites excluding steroid dienone is 5. The Morgan fingerprint density at radius 1 is 0.667 bits per heavy atom. The van der Waals surface area contributed by atoms with E-state index in [1.54, 1.807) is 68.4 Å². The smallest absolute Gasteiger partial charge is 0.373 e. The number of hydrogen-bond donors (Lipinski definition) is 5. The maximum absolute atomic E-state index is 12.5. The van der Waals surface area contributed by atoms with Gasteiger partial charge in [0.05, 0.1) is 17.2 Å². The molecule has 2 atom stereocenters. The number of aryl methyl sites for hydroxylation is 2. The molecule has 1 aliphatic rings. The Labute approximate surface area is 395 Å². The van der Waals surface area contributed by atoms with Crippen LogP contribution in [0.4, 0.5) is 11.4 Å². The maximum atomic E-state index is 12.5. The molecule has 5 N–H and O–H groups in total. The zero-order chi connectivity index (χ0) is 41.8. The molecule has 0 spiro atoms. The van der Waals surface area contributed by atoms with Crippen LogP contribution in [0.3, 0.4) is 0 Å². The van der Waals surface area contributed by atoms with Crippen LogP contribution in [0.25, 0.3) is 5.57 Å². The fourth-order valence-corrected chi connectivity index (χ4v) is 8.60. The first kappa shape index (κ1) is 49.0. The number of hydrogen-bond acceptors (Lipinski definition) is 9. The molecule has 0 heterocycles. The minimum absolute atomic E-state index is 0. The summed E-state index contributed by atoms with van der Waals surface area (Å²) in [6.45, 7) is 5.65. The summed E-state index contributed by atoms with van der Waals surface area (Å²) in [7, 11) is -13.5. The molecule has 0 aliphatic heterocycles. The van der Waals surface area contributed by atoms with Crippen LogP contribution < -0.4 is 69.7 Å². The monoisotopic (exact) mass is 883 g/mol. The summed E-state index contributed by atoms with van der Waals surface area (Å²) in [5.74, 6) is 0. The Hall–Kier alpha value is -3.68. The van der Waals surface area contributed by atoms with E-state index in [2.05, 4.69) is 22.8 Å². The molecule has 0 amide bonds. The molecular formula is C43H39N3Na2O9S3. The van der Waals surface area contributed by atoms with Crippen LogP contribution in [0, 0.1) is 26.0 Å². The first-order valence-corrected chi connectivity index (χ1v) is 22.1. The molecule has 1 aliphatic carbocycles. The first-order chi connectivity index (χ1) is 27.4. The Morgan fingerprint density at radius 2 is 1.18 bits per heavy atom. The summed E-state index contributed by atoms with van der Waals surface area (Å²) in [6, 6.07) is 35.0. The molecule has 5 aromatic carbocycles. The van der Waals surface area contributed by atoms with Crippen molar-refractivity contribution in [3.63, 3.8) is 0 Å². The van der Waals surface area contributed by atoms with Gasteiger partial charge >= 0.3 is 59.1 Å². The van der Waals surface area contributed by atoms with E-state index < -0.39 is 41.1 Å². The van der Waals surface area contributed by atoms with Crippen molar-refractivity contribution in [1.29, 1.82) is 0 Å². The summed E-state index contributed by atoms with van der Waals surface area (Å²) in [4.78, 5) is 4.47. The minimum atomic E-state index is -4.57. The third-order valence-electron chi connectivity index (χ3n) is 9.38. The van der Waals surface area contributed by atoms with Crippen molar-refractivity contribution >= 4 is 53.0 Å². The minimum Gasteiger partial charge on any atom is -0.373 e. The molecule has 0 radical (unpaired) electrons.